The van der Waals surface area contributed by atoms with Crippen LogP contribution < -0.4 is 5.73 Å². The van der Waals surface area contributed by atoms with Crippen LogP contribution in [0.1, 0.15) is 18.9 Å². The molecule has 3 atom stereocenters. The van der Waals surface area contributed by atoms with Gasteiger partial charge in [0.05, 0.1) is 18.1 Å². The summed E-state index contributed by atoms with van der Waals surface area (Å²) in [5, 5.41) is 18.4. The standard InChI is InChI=1S/C14H18FNO4/c1-8(17)13(16)12(18)7-10(14(19)20)6-9-2-4-11(15)5-3-9/h2-5,8,10,13,17H,6-7,16H2,1H3,(H,19,20)/t8-,10+,13+/m1/s1. The molecular weight excluding hydrogens is 265 g/mol. The number of nitrogens with two attached hydrogens (primary N) is 1. The van der Waals surface area contributed by atoms with Gasteiger partial charge in [-0.05, 0) is 31.0 Å². The van der Waals surface area contributed by atoms with Crippen molar-refractivity contribution in [3.8, 4) is 0 Å². The third-order valence-corrected chi connectivity index (χ3v) is 3.08. The Bertz CT molecular complexity index is 473. The summed E-state index contributed by atoms with van der Waals surface area (Å²) in [6.45, 7) is 1.37. The summed E-state index contributed by atoms with van der Waals surface area (Å²) in [5.74, 6) is -2.99. The first kappa shape index (κ1) is 16.3. The van der Waals surface area contributed by atoms with Gasteiger partial charge in [-0.2, -0.15) is 0 Å². The number of Topliss-reactive ketones (excluding diaryl/α,β-unsaturated/α-hetero) is 1. The Hall–Kier alpha value is -1.79. The van der Waals surface area contributed by atoms with Crippen molar-refractivity contribution in [3.63, 3.8) is 0 Å². The fourth-order valence-electron chi connectivity index (χ4n) is 1.80. The van der Waals surface area contributed by atoms with E-state index in [0.29, 0.717) is 5.56 Å². The smallest absolute Gasteiger partial charge is 0.307 e. The summed E-state index contributed by atoms with van der Waals surface area (Å²) in [4.78, 5) is 22.9. The lowest BCUT2D eigenvalue weighted by molar-refractivity contribution is -0.144. The average molecular weight is 283 g/mol. The minimum absolute atomic E-state index is 0.105. The van der Waals surface area contributed by atoms with Crippen molar-refractivity contribution in [1.29, 1.82) is 0 Å². The first-order chi connectivity index (χ1) is 9.31. The van der Waals surface area contributed by atoms with Gasteiger partial charge in [-0.1, -0.05) is 12.1 Å². The van der Waals surface area contributed by atoms with Gasteiger partial charge in [0.1, 0.15) is 5.82 Å². The number of ketones is 1. The molecule has 5 nitrogen and oxygen atoms in total. The second-order valence-corrected chi connectivity index (χ2v) is 4.80. The van der Waals surface area contributed by atoms with E-state index in [1.807, 2.05) is 0 Å². The van der Waals surface area contributed by atoms with Gasteiger partial charge in [0, 0.05) is 6.42 Å². The molecule has 4 N–H and O–H groups in total. The van der Waals surface area contributed by atoms with E-state index < -0.39 is 35.6 Å². The molecule has 0 unspecified atom stereocenters. The van der Waals surface area contributed by atoms with E-state index in [9.17, 15) is 19.1 Å². The topological polar surface area (TPSA) is 101 Å². The Morgan fingerprint density at radius 1 is 1.30 bits per heavy atom. The van der Waals surface area contributed by atoms with Gasteiger partial charge in [-0.15, -0.1) is 0 Å². The van der Waals surface area contributed by atoms with Crippen LogP contribution in [0.15, 0.2) is 24.3 Å². The van der Waals surface area contributed by atoms with Crippen molar-refractivity contribution < 1.29 is 24.2 Å². The summed E-state index contributed by atoms with van der Waals surface area (Å²) < 4.78 is 12.8. The quantitative estimate of drug-likeness (QED) is 0.685. The van der Waals surface area contributed by atoms with E-state index in [4.69, 9.17) is 10.8 Å². The van der Waals surface area contributed by atoms with Crippen LogP contribution in [0.25, 0.3) is 0 Å². The molecule has 1 aromatic carbocycles. The molecule has 0 aromatic heterocycles. The number of hydrogen-bond acceptors (Lipinski definition) is 4. The molecule has 20 heavy (non-hydrogen) atoms. The van der Waals surface area contributed by atoms with Gasteiger partial charge in [0.15, 0.2) is 5.78 Å². The largest absolute Gasteiger partial charge is 0.481 e. The molecule has 0 aliphatic carbocycles. The molecule has 0 amide bonds. The van der Waals surface area contributed by atoms with Crippen molar-refractivity contribution >= 4 is 11.8 Å². The maximum atomic E-state index is 12.8. The summed E-state index contributed by atoms with van der Waals surface area (Å²) in [6.07, 6.45) is -1.19. The second kappa shape index (κ2) is 7.12. The fraction of sp³-hybridized carbons (Fsp3) is 0.429. The Labute approximate surface area is 116 Å². The molecule has 0 bridgehead atoms. The van der Waals surface area contributed by atoms with Gasteiger partial charge < -0.3 is 15.9 Å². The highest BCUT2D eigenvalue weighted by molar-refractivity contribution is 5.88. The lowest BCUT2D eigenvalue weighted by Crippen LogP contribution is -2.41. The predicted molar refractivity (Wildman–Crippen MR) is 70.5 cm³/mol. The predicted octanol–water partition coefficient (Wildman–Crippen LogP) is 0.736. The van der Waals surface area contributed by atoms with Crippen molar-refractivity contribution in [2.75, 3.05) is 0 Å². The lowest BCUT2D eigenvalue weighted by atomic mass is 9.91. The number of hydrogen-bond donors (Lipinski definition) is 3. The number of carbonyl (C=O) groups excluding carboxylic acids is 1. The highest BCUT2D eigenvalue weighted by Crippen LogP contribution is 2.15. The molecule has 6 heteroatoms. The van der Waals surface area contributed by atoms with Crippen molar-refractivity contribution in [2.45, 2.75) is 31.9 Å². The number of aliphatic carboxylic acids is 1. The lowest BCUT2D eigenvalue weighted by Gasteiger charge is -2.17. The SMILES string of the molecule is C[C@@H](O)[C@H](N)C(=O)C[C@H](Cc1ccc(F)cc1)C(=O)O. The van der Waals surface area contributed by atoms with Crippen LogP contribution in [0.2, 0.25) is 0 Å². The minimum Gasteiger partial charge on any atom is -0.481 e. The number of aliphatic hydroxyl groups excluding tert-OH is 1. The monoisotopic (exact) mass is 283 g/mol. The number of carbonyl (C=O) groups is 2. The Morgan fingerprint density at radius 3 is 2.30 bits per heavy atom. The van der Waals surface area contributed by atoms with Crippen LogP contribution in [0.3, 0.4) is 0 Å². The van der Waals surface area contributed by atoms with Crippen LogP contribution in [0.5, 0.6) is 0 Å². The van der Waals surface area contributed by atoms with E-state index in [1.54, 1.807) is 0 Å². The molecule has 0 spiro atoms. The number of halogens is 1. The van der Waals surface area contributed by atoms with E-state index in [-0.39, 0.29) is 12.8 Å². The number of carboxylic acid groups (broad SMARTS) is 1. The molecule has 0 radical (unpaired) electrons. The first-order valence-electron chi connectivity index (χ1n) is 6.25. The summed E-state index contributed by atoms with van der Waals surface area (Å²) in [7, 11) is 0. The van der Waals surface area contributed by atoms with Gasteiger partial charge in [0.25, 0.3) is 0 Å². The van der Waals surface area contributed by atoms with E-state index in [2.05, 4.69) is 0 Å². The molecule has 110 valence electrons. The van der Waals surface area contributed by atoms with Gasteiger partial charge >= 0.3 is 5.97 Å². The summed E-state index contributed by atoms with van der Waals surface area (Å²) in [5.41, 5.74) is 6.10. The highest BCUT2D eigenvalue weighted by atomic mass is 19.1. The maximum absolute atomic E-state index is 12.8. The zero-order valence-corrected chi connectivity index (χ0v) is 11.1. The highest BCUT2D eigenvalue weighted by Gasteiger charge is 2.26. The molecule has 0 saturated carbocycles. The maximum Gasteiger partial charge on any atom is 0.307 e. The molecule has 1 rings (SSSR count). The molecule has 0 aliphatic rings. The Balaban J connectivity index is 2.72. The zero-order valence-electron chi connectivity index (χ0n) is 11.1. The average Bonchev–Trinajstić information content (AvgIpc) is 2.39. The van der Waals surface area contributed by atoms with Crippen LogP contribution >= 0.6 is 0 Å². The summed E-state index contributed by atoms with van der Waals surface area (Å²) in [6, 6.07) is 4.33. The van der Waals surface area contributed by atoms with Crippen LogP contribution in [0.4, 0.5) is 4.39 Å². The van der Waals surface area contributed by atoms with Crippen LogP contribution in [-0.2, 0) is 16.0 Å². The molecule has 1 aromatic rings. The fourth-order valence-corrected chi connectivity index (χ4v) is 1.80. The van der Waals surface area contributed by atoms with E-state index in [1.165, 1.54) is 31.2 Å². The molecule has 0 aliphatic heterocycles. The minimum atomic E-state index is -1.12. The number of carboxylic acids is 1. The van der Waals surface area contributed by atoms with Gasteiger partial charge in [-0.25, -0.2) is 4.39 Å². The van der Waals surface area contributed by atoms with Crippen molar-refractivity contribution in [2.24, 2.45) is 11.7 Å². The molecule has 0 fully saturated rings. The van der Waals surface area contributed by atoms with Crippen molar-refractivity contribution in [1.82, 2.24) is 0 Å². The van der Waals surface area contributed by atoms with Gasteiger partial charge in [-0.3, -0.25) is 9.59 Å². The third kappa shape index (κ3) is 4.71. The van der Waals surface area contributed by atoms with Crippen LogP contribution in [0, 0.1) is 11.7 Å². The number of rotatable bonds is 7. The Morgan fingerprint density at radius 2 is 1.85 bits per heavy atom. The number of aliphatic hydroxyl groups is 1. The van der Waals surface area contributed by atoms with E-state index in [0.717, 1.165) is 0 Å². The molecular formula is C14H18FNO4. The summed E-state index contributed by atoms with van der Waals surface area (Å²) >= 11 is 0. The van der Waals surface area contributed by atoms with Crippen molar-refractivity contribution in [3.05, 3.63) is 35.6 Å². The van der Waals surface area contributed by atoms with E-state index >= 15 is 0 Å². The van der Waals surface area contributed by atoms with Crippen LogP contribution in [-0.4, -0.2) is 34.1 Å². The normalized spacial score (nSPS) is 15.4. The second-order valence-electron chi connectivity index (χ2n) is 4.80. The Kier molecular flexibility index (Phi) is 5.79. The number of benzene rings is 1. The molecule has 0 heterocycles. The zero-order chi connectivity index (χ0) is 15.3. The van der Waals surface area contributed by atoms with Gasteiger partial charge in [0.2, 0.25) is 0 Å². The third-order valence-electron chi connectivity index (χ3n) is 3.08. The first-order valence-corrected chi connectivity index (χ1v) is 6.25. The molecule has 0 saturated heterocycles.